The first kappa shape index (κ1) is 21.1. The highest BCUT2D eigenvalue weighted by molar-refractivity contribution is 5.92. The molecule has 27 heavy (non-hydrogen) atoms. The van der Waals surface area contributed by atoms with Gasteiger partial charge in [-0.1, -0.05) is 13.0 Å². The van der Waals surface area contributed by atoms with Crippen molar-refractivity contribution >= 4 is 17.6 Å². The molecule has 0 radical (unpaired) electrons. The molecule has 1 aromatic rings. The van der Waals surface area contributed by atoms with Crippen LogP contribution in [0.15, 0.2) is 18.2 Å². The van der Waals surface area contributed by atoms with Gasteiger partial charge in [0, 0.05) is 13.0 Å². The third-order valence-corrected chi connectivity index (χ3v) is 4.15. The summed E-state index contributed by atoms with van der Waals surface area (Å²) in [6, 6.07) is 4.92. The van der Waals surface area contributed by atoms with E-state index in [4.69, 9.17) is 20.3 Å². The molecule has 0 aromatic heterocycles. The highest BCUT2D eigenvalue weighted by Gasteiger charge is 2.48. The molecule has 1 aromatic carbocycles. The van der Waals surface area contributed by atoms with E-state index in [0.717, 1.165) is 5.56 Å². The summed E-state index contributed by atoms with van der Waals surface area (Å²) in [5, 5.41) is 41.4. The molecule has 10 nitrogen and oxygen atoms in total. The van der Waals surface area contributed by atoms with Crippen LogP contribution in [0.2, 0.25) is 0 Å². The molecule has 2 rings (SSSR count). The SMILES string of the molecule is CCc1ccc(O[C@H]2O[C@@H](C(=O)O)[C@H](O)[C@@H](O)[C@@H]2O)c(NC(=O)CCN)c1. The quantitative estimate of drug-likeness (QED) is 0.338. The van der Waals surface area contributed by atoms with Crippen molar-refractivity contribution in [3.05, 3.63) is 23.8 Å². The van der Waals surface area contributed by atoms with Gasteiger partial charge in [0.15, 0.2) is 6.10 Å². The third-order valence-electron chi connectivity index (χ3n) is 4.15. The fraction of sp³-hybridized carbons (Fsp3) is 0.529. The summed E-state index contributed by atoms with van der Waals surface area (Å²) in [5.74, 6) is -1.76. The van der Waals surface area contributed by atoms with E-state index in [1.54, 1.807) is 12.1 Å². The summed E-state index contributed by atoms with van der Waals surface area (Å²) in [4.78, 5) is 23.1. The van der Waals surface area contributed by atoms with Gasteiger partial charge in [0.25, 0.3) is 0 Å². The normalized spacial score (nSPS) is 27.8. The van der Waals surface area contributed by atoms with Crippen LogP contribution in [0.3, 0.4) is 0 Å². The number of rotatable bonds is 7. The van der Waals surface area contributed by atoms with Crippen LogP contribution in [0, 0.1) is 0 Å². The van der Waals surface area contributed by atoms with Crippen LogP contribution in [0.5, 0.6) is 5.75 Å². The lowest BCUT2D eigenvalue weighted by molar-refractivity contribution is -0.271. The second-order valence-corrected chi connectivity index (χ2v) is 6.12. The van der Waals surface area contributed by atoms with Gasteiger partial charge >= 0.3 is 5.97 Å². The van der Waals surface area contributed by atoms with E-state index in [9.17, 15) is 24.9 Å². The number of carbonyl (C=O) groups is 2. The van der Waals surface area contributed by atoms with Crippen molar-refractivity contribution in [2.75, 3.05) is 11.9 Å². The maximum atomic E-state index is 11.9. The van der Waals surface area contributed by atoms with Crippen LogP contribution in [0.4, 0.5) is 5.69 Å². The minimum Gasteiger partial charge on any atom is -0.479 e. The Kier molecular flexibility index (Phi) is 7.11. The number of benzene rings is 1. The van der Waals surface area contributed by atoms with Gasteiger partial charge < -0.3 is 41.0 Å². The molecule has 1 saturated heterocycles. The number of aryl methyl sites for hydroxylation is 1. The van der Waals surface area contributed by atoms with Crippen molar-refractivity contribution in [2.24, 2.45) is 5.73 Å². The Morgan fingerprint density at radius 2 is 1.93 bits per heavy atom. The predicted octanol–water partition coefficient (Wildman–Crippen LogP) is -1.19. The lowest BCUT2D eigenvalue weighted by atomic mass is 9.99. The average Bonchev–Trinajstić information content (AvgIpc) is 2.63. The summed E-state index contributed by atoms with van der Waals surface area (Å²) >= 11 is 0. The van der Waals surface area contributed by atoms with Gasteiger partial charge in [-0.3, -0.25) is 4.79 Å². The van der Waals surface area contributed by atoms with Gasteiger partial charge in [-0.2, -0.15) is 0 Å². The molecular formula is C17H24N2O8. The number of aliphatic carboxylic acids is 1. The van der Waals surface area contributed by atoms with E-state index in [1.165, 1.54) is 6.07 Å². The molecule has 7 N–H and O–H groups in total. The van der Waals surface area contributed by atoms with Crippen LogP contribution in [0.1, 0.15) is 18.9 Å². The maximum absolute atomic E-state index is 11.9. The Hall–Kier alpha value is -2.24. The molecular weight excluding hydrogens is 360 g/mol. The molecule has 0 saturated carbocycles. The molecule has 0 unspecified atom stereocenters. The monoisotopic (exact) mass is 384 g/mol. The van der Waals surface area contributed by atoms with Crippen LogP contribution in [-0.2, 0) is 20.7 Å². The summed E-state index contributed by atoms with van der Waals surface area (Å²) in [6.45, 7) is 2.08. The maximum Gasteiger partial charge on any atom is 0.335 e. The van der Waals surface area contributed by atoms with E-state index in [0.29, 0.717) is 6.42 Å². The molecule has 1 aliphatic rings. The zero-order chi connectivity index (χ0) is 20.1. The Morgan fingerprint density at radius 3 is 2.52 bits per heavy atom. The highest BCUT2D eigenvalue weighted by Crippen LogP contribution is 2.31. The number of amides is 1. The minimum atomic E-state index is -1.82. The second kappa shape index (κ2) is 9.11. The summed E-state index contributed by atoms with van der Waals surface area (Å²) in [5.41, 5.74) is 6.55. The van der Waals surface area contributed by atoms with Crippen LogP contribution < -0.4 is 15.8 Å². The highest BCUT2D eigenvalue weighted by atomic mass is 16.7. The van der Waals surface area contributed by atoms with E-state index in [2.05, 4.69) is 5.32 Å². The number of aliphatic hydroxyl groups excluding tert-OH is 3. The number of anilines is 1. The predicted molar refractivity (Wildman–Crippen MR) is 93.1 cm³/mol. The minimum absolute atomic E-state index is 0.0876. The standard InChI is InChI=1S/C17H24N2O8/c1-2-8-3-4-10(9(7-8)19-11(20)5-6-18)26-17-14(23)12(21)13(22)15(27-17)16(24)25/h3-4,7,12-15,17,21-23H,2,5-6,18H2,1H3,(H,19,20)(H,24,25)/t12-,13-,14+,15-,17+/m1/s1. The van der Waals surface area contributed by atoms with Gasteiger partial charge in [-0.15, -0.1) is 0 Å². The number of hydrogen-bond donors (Lipinski definition) is 6. The van der Waals surface area contributed by atoms with Crippen molar-refractivity contribution in [1.82, 2.24) is 0 Å². The molecule has 0 bridgehead atoms. The molecule has 150 valence electrons. The molecule has 0 spiro atoms. The number of nitrogens with two attached hydrogens (primary N) is 1. The number of carboxylic acids is 1. The fourth-order valence-electron chi connectivity index (χ4n) is 2.62. The van der Waals surface area contributed by atoms with Crippen LogP contribution in [-0.4, -0.2) is 69.6 Å². The number of carbonyl (C=O) groups excluding carboxylic acids is 1. The molecule has 1 aliphatic heterocycles. The lowest BCUT2D eigenvalue weighted by Crippen LogP contribution is -2.61. The zero-order valence-corrected chi connectivity index (χ0v) is 14.7. The van der Waals surface area contributed by atoms with Gasteiger partial charge in [-0.25, -0.2) is 4.79 Å². The summed E-state index contributed by atoms with van der Waals surface area (Å²) in [6.07, 6.45) is -7.87. The van der Waals surface area contributed by atoms with Crippen molar-refractivity contribution in [3.8, 4) is 5.75 Å². The molecule has 10 heteroatoms. The van der Waals surface area contributed by atoms with Crippen molar-refractivity contribution in [2.45, 2.75) is 50.5 Å². The number of aliphatic hydroxyl groups is 3. The topological polar surface area (TPSA) is 172 Å². The molecule has 0 aliphatic carbocycles. The second-order valence-electron chi connectivity index (χ2n) is 6.12. The van der Waals surface area contributed by atoms with Gasteiger partial charge in [0.1, 0.15) is 24.1 Å². The van der Waals surface area contributed by atoms with E-state index >= 15 is 0 Å². The summed E-state index contributed by atoms with van der Waals surface area (Å²) < 4.78 is 10.6. The zero-order valence-electron chi connectivity index (χ0n) is 14.7. The van der Waals surface area contributed by atoms with Gasteiger partial charge in [0.2, 0.25) is 12.2 Å². The first-order valence-electron chi connectivity index (χ1n) is 8.50. The Labute approximate surface area is 155 Å². The van der Waals surface area contributed by atoms with Crippen molar-refractivity contribution < 1.29 is 39.5 Å². The molecule has 1 fully saturated rings. The number of hydrogen-bond acceptors (Lipinski definition) is 8. The number of carboxylic acid groups (broad SMARTS) is 1. The first-order chi connectivity index (χ1) is 12.8. The Bertz CT molecular complexity index is 683. The molecule has 5 atom stereocenters. The van der Waals surface area contributed by atoms with Gasteiger partial charge in [-0.05, 0) is 24.1 Å². The first-order valence-corrected chi connectivity index (χ1v) is 8.50. The van der Waals surface area contributed by atoms with Crippen molar-refractivity contribution in [3.63, 3.8) is 0 Å². The lowest BCUT2D eigenvalue weighted by Gasteiger charge is -2.38. The van der Waals surface area contributed by atoms with E-state index in [-0.39, 0.29) is 30.3 Å². The van der Waals surface area contributed by atoms with Gasteiger partial charge in [0.05, 0.1) is 5.69 Å². The Balaban J connectivity index is 2.26. The van der Waals surface area contributed by atoms with E-state index in [1.807, 2.05) is 6.92 Å². The van der Waals surface area contributed by atoms with Crippen LogP contribution in [0.25, 0.3) is 0 Å². The third kappa shape index (κ3) is 4.93. The van der Waals surface area contributed by atoms with Crippen LogP contribution >= 0.6 is 0 Å². The number of nitrogens with one attached hydrogen (secondary N) is 1. The largest absolute Gasteiger partial charge is 0.479 e. The Morgan fingerprint density at radius 1 is 1.22 bits per heavy atom. The molecule has 1 amide bonds. The average molecular weight is 384 g/mol. The molecule has 1 heterocycles. The fourth-order valence-corrected chi connectivity index (χ4v) is 2.62. The van der Waals surface area contributed by atoms with Crippen molar-refractivity contribution in [1.29, 1.82) is 0 Å². The number of ether oxygens (including phenoxy) is 2. The van der Waals surface area contributed by atoms with E-state index < -0.39 is 36.7 Å². The summed E-state index contributed by atoms with van der Waals surface area (Å²) in [7, 11) is 0. The smallest absolute Gasteiger partial charge is 0.335 e.